The van der Waals surface area contributed by atoms with E-state index in [1.54, 1.807) is 0 Å². The lowest BCUT2D eigenvalue weighted by atomic mass is 9.88. The van der Waals surface area contributed by atoms with Crippen molar-refractivity contribution in [3.63, 3.8) is 0 Å². The minimum absolute atomic E-state index is 0.0802. The summed E-state index contributed by atoms with van der Waals surface area (Å²) in [6.07, 6.45) is 0.299. The number of nitrogens with two attached hydrogens (primary N) is 1. The van der Waals surface area contributed by atoms with Crippen LogP contribution in [0.4, 0.5) is 0 Å². The average molecular weight is 214 g/mol. The molecule has 0 bridgehead atoms. The summed E-state index contributed by atoms with van der Waals surface area (Å²) in [6, 6.07) is -1.20. The van der Waals surface area contributed by atoms with Gasteiger partial charge in [0.05, 0.1) is 12.1 Å². The van der Waals surface area contributed by atoms with Crippen molar-refractivity contribution in [3.8, 4) is 0 Å². The van der Waals surface area contributed by atoms with Crippen LogP contribution in [0.15, 0.2) is 11.6 Å². The van der Waals surface area contributed by atoms with Gasteiger partial charge in [0.15, 0.2) is 0 Å². The van der Waals surface area contributed by atoms with E-state index in [2.05, 4.69) is 5.32 Å². The maximum atomic E-state index is 10.8. The number of aliphatic hydroxyl groups is 1. The molecule has 1 aliphatic carbocycles. The van der Waals surface area contributed by atoms with E-state index in [-0.39, 0.29) is 17.9 Å². The minimum atomic E-state index is -1.09. The highest BCUT2D eigenvalue weighted by Gasteiger charge is 2.32. The highest BCUT2D eigenvalue weighted by atomic mass is 16.4. The Kier molecular flexibility index (Phi) is 3.43. The molecule has 0 heterocycles. The van der Waals surface area contributed by atoms with Crippen molar-refractivity contribution < 1.29 is 19.8 Å². The van der Waals surface area contributed by atoms with E-state index < -0.39 is 24.2 Å². The van der Waals surface area contributed by atoms with Crippen LogP contribution < -0.4 is 11.1 Å². The Labute approximate surface area is 86.8 Å². The van der Waals surface area contributed by atoms with Gasteiger partial charge in [-0.3, -0.25) is 4.79 Å². The lowest BCUT2D eigenvalue weighted by Crippen LogP contribution is -2.55. The zero-order valence-corrected chi connectivity index (χ0v) is 8.30. The van der Waals surface area contributed by atoms with Crippen LogP contribution >= 0.6 is 0 Å². The third-order valence-electron chi connectivity index (χ3n) is 2.30. The van der Waals surface area contributed by atoms with E-state index in [1.807, 2.05) is 0 Å². The second kappa shape index (κ2) is 4.41. The van der Waals surface area contributed by atoms with Gasteiger partial charge in [-0.1, -0.05) is 0 Å². The number of carbonyl (C=O) groups excluding carboxylic acids is 1. The fourth-order valence-corrected chi connectivity index (χ4v) is 1.60. The Morgan fingerprint density at radius 3 is 2.60 bits per heavy atom. The normalized spacial score (nSPS) is 30.6. The van der Waals surface area contributed by atoms with Gasteiger partial charge in [0.25, 0.3) is 0 Å². The second-order valence-corrected chi connectivity index (χ2v) is 3.58. The fourth-order valence-electron chi connectivity index (χ4n) is 1.60. The molecule has 0 fully saturated rings. The molecule has 0 aromatic heterocycles. The molecular formula is C9H14N2O4. The largest absolute Gasteiger partial charge is 0.478 e. The number of carbonyl (C=O) groups is 2. The topological polar surface area (TPSA) is 113 Å². The molecule has 6 nitrogen and oxygen atoms in total. The number of aliphatic hydroxyl groups excluding tert-OH is 1. The van der Waals surface area contributed by atoms with Gasteiger partial charge >= 0.3 is 5.97 Å². The first-order chi connectivity index (χ1) is 6.91. The van der Waals surface area contributed by atoms with Crippen LogP contribution in [0.3, 0.4) is 0 Å². The Balaban J connectivity index is 2.80. The van der Waals surface area contributed by atoms with Gasteiger partial charge in [-0.05, 0) is 12.5 Å². The van der Waals surface area contributed by atoms with E-state index in [1.165, 1.54) is 13.0 Å². The number of hydrogen-bond donors (Lipinski definition) is 4. The number of rotatable bonds is 2. The summed E-state index contributed by atoms with van der Waals surface area (Å²) >= 11 is 0. The number of aliphatic carboxylic acids is 1. The van der Waals surface area contributed by atoms with Gasteiger partial charge in [0.2, 0.25) is 5.91 Å². The number of carboxylic acids is 1. The number of nitrogens with one attached hydrogen (secondary N) is 1. The van der Waals surface area contributed by atoms with E-state index in [0.717, 1.165) is 0 Å². The standard InChI is InChI=1S/C9H14N2O4/c1-4(12)11-8-6(10)2-5(9(14)15)3-7(8)13/h3,6-8,13H,2,10H2,1H3,(H,11,12)(H,14,15)/t6-,7+,8+/m0/s1. The molecule has 5 N–H and O–H groups in total. The quantitative estimate of drug-likeness (QED) is 0.451. The maximum Gasteiger partial charge on any atom is 0.331 e. The Morgan fingerprint density at radius 2 is 2.20 bits per heavy atom. The molecule has 6 heteroatoms. The molecule has 1 amide bonds. The summed E-state index contributed by atoms with van der Waals surface area (Å²) in [6.45, 7) is 1.32. The predicted molar refractivity (Wildman–Crippen MR) is 51.9 cm³/mol. The molecule has 1 rings (SSSR count). The Morgan fingerprint density at radius 1 is 1.60 bits per heavy atom. The van der Waals surface area contributed by atoms with Crippen molar-refractivity contribution in [3.05, 3.63) is 11.6 Å². The summed E-state index contributed by atoms with van der Waals surface area (Å²) in [5, 5.41) is 20.8. The monoisotopic (exact) mass is 214 g/mol. The molecule has 3 atom stereocenters. The number of hydrogen-bond acceptors (Lipinski definition) is 4. The maximum absolute atomic E-state index is 10.8. The van der Waals surface area contributed by atoms with Gasteiger partial charge in [-0.25, -0.2) is 4.79 Å². The molecule has 0 aromatic rings. The van der Waals surface area contributed by atoms with Crippen LogP contribution in [0.25, 0.3) is 0 Å². The highest BCUT2D eigenvalue weighted by Crippen LogP contribution is 2.18. The van der Waals surface area contributed by atoms with Crippen molar-refractivity contribution >= 4 is 11.9 Å². The van der Waals surface area contributed by atoms with E-state index in [4.69, 9.17) is 10.8 Å². The third-order valence-corrected chi connectivity index (χ3v) is 2.30. The molecule has 0 radical (unpaired) electrons. The Hall–Kier alpha value is -1.40. The molecule has 0 spiro atoms. The SMILES string of the molecule is CC(=O)N[C@H]1[C@H](O)C=C(C(=O)O)C[C@@H]1N. The first-order valence-corrected chi connectivity index (χ1v) is 4.56. The van der Waals surface area contributed by atoms with Crippen molar-refractivity contribution in [2.45, 2.75) is 31.5 Å². The Bertz CT molecular complexity index is 313. The fraction of sp³-hybridized carbons (Fsp3) is 0.556. The van der Waals surface area contributed by atoms with Gasteiger partial charge in [-0.15, -0.1) is 0 Å². The van der Waals surface area contributed by atoms with E-state index >= 15 is 0 Å². The van der Waals surface area contributed by atoms with Gasteiger partial charge in [-0.2, -0.15) is 0 Å². The van der Waals surface area contributed by atoms with Crippen LogP contribution in [0.2, 0.25) is 0 Å². The lowest BCUT2D eigenvalue weighted by Gasteiger charge is -2.31. The molecule has 0 saturated carbocycles. The number of amides is 1. The van der Waals surface area contributed by atoms with Crippen molar-refractivity contribution in [2.24, 2.45) is 5.73 Å². The minimum Gasteiger partial charge on any atom is -0.478 e. The van der Waals surface area contributed by atoms with Gasteiger partial charge < -0.3 is 21.3 Å². The van der Waals surface area contributed by atoms with Crippen molar-refractivity contribution in [1.29, 1.82) is 0 Å². The third kappa shape index (κ3) is 2.77. The summed E-state index contributed by atoms with van der Waals surface area (Å²) in [4.78, 5) is 21.5. The number of carboxylic acid groups (broad SMARTS) is 1. The van der Waals surface area contributed by atoms with E-state index in [9.17, 15) is 14.7 Å². The van der Waals surface area contributed by atoms with Crippen LogP contribution in [0, 0.1) is 0 Å². The smallest absolute Gasteiger partial charge is 0.331 e. The van der Waals surface area contributed by atoms with Crippen LogP contribution in [-0.4, -0.2) is 40.3 Å². The summed E-state index contributed by atoms with van der Waals surface area (Å²) in [5.74, 6) is -1.40. The summed E-state index contributed by atoms with van der Waals surface area (Å²) in [5.41, 5.74) is 5.75. The van der Waals surface area contributed by atoms with Crippen LogP contribution in [0.5, 0.6) is 0 Å². The lowest BCUT2D eigenvalue weighted by molar-refractivity contribution is -0.133. The highest BCUT2D eigenvalue weighted by molar-refractivity contribution is 5.87. The second-order valence-electron chi connectivity index (χ2n) is 3.58. The average Bonchev–Trinajstić information content (AvgIpc) is 2.10. The van der Waals surface area contributed by atoms with Crippen molar-refractivity contribution in [1.82, 2.24) is 5.32 Å². The van der Waals surface area contributed by atoms with E-state index in [0.29, 0.717) is 0 Å². The van der Waals surface area contributed by atoms with Crippen molar-refractivity contribution in [2.75, 3.05) is 0 Å². The molecule has 0 aliphatic heterocycles. The molecule has 15 heavy (non-hydrogen) atoms. The summed E-state index contributed by atoms with van der Waals surface area (Å²) < 4.78 is 0. The first-order valence-electron chi connectivity index (χ1n) is 4.56. The van der Waals surface area contributed by atoms with Gasteiger partial charge in [0, 0.05) is 18.5 Å². The molecular weight excluding hydrogens is 200 g/mol. The van der Waals surface area contributed by atoms with Crippen LogP contribution in [0.1, 0.15) is 13.3 Å². The molecule has 1 aliphatic rings. The van der Waals surface area contributed by atoms with Gasteiger partial charge in [0.1, 0.15) is 0 Å². The molecule has 84 valence electrons. The van der Waals surface area contributed by atoms with Crippen LogP contribution in [-0.2, 0) is 9.59 Å². The zero-order chi connectivity index (χ0) is 11.6. The summed E-state index contributed by atoms with van der Waals surface area (Å²) in [7, 11) is 0. The predicted octanol–water partition coefficient (Wildman–Crippen LogP) is -1.41. The molecule has 0 saturated heterocycles. The molecule has 0 aromatic carbocycles. The zero-order valence-electron chi connectivity index (χ0n) is 8.30. The first kappa shape index (κ1) is 11.7. The molecule has 0 unspecified atom stereocenters.